The van der Waals surface area contributed by atoms with Gasteiger partial charge in [0.2, 0.25) is 5.95 Å². The van der Waals surface area contributed by atoms with E-state index in [1.165, 1.54) is 0 Å². The molecule has 11 heteroatoms. The van der Waals surface area contributed by atoms with Crippen molar-refractivity contribution in [3.8, 4) is 5.95 Å². The van der Waals surface area contributed by atoms with E-state index in [0.717, 1.165) is 25.7 Å². The maximum atomic E-state index is 13.8. The first-order valence-electron chi connectivity index (χ1n) is 11.5. The molecule has 1 N–H and O–H groups in total. The van der Waals surface area contributed by atoms with E-state index in [4.69, 9.17) is 21.3 Å². The number of ether oxygens (including phenoxy) is 1. The molecule has 0 atom stereocenters. The summed E-state index contributed by atoms with van der Waals surface area (Å²) < 4.78 is 34.9. The van der Waals surface area contributed by atoms with Crippen LogP contribution >= 0.6 is 0 Å². The standard InChI is InChI=1S/C24H24F2N8O/c1-14-29-20-21(32-11-24(25,26)12-32)30-23(33-13-28-18-9-4-15(27-2)10-19(18)33)31-22(20)34(14)16-5-7-17(35-3)8-6-16/h4,9-10,13,16-17,29H,1,5-8,11-12H2,3H3/t16-,17-. The lowest BCUT2D eigenvalue weighted by Gasteiger charge is -2.40. The Morgan fingerprint density at radius 3 is 2.60 bits per heavy atom. The molecule has 3 aliphatic rings. The minimum absolute atomic E-state index is 0.157. The van der Waals surface area contributed by atoms with Gasteiger partial charge in [-0.15, -0.1) is 0 Å². The largest absolute Gasteiger partial charge is 0.381 e. The summed E-state index contributed by atoms with van der Waals surface area (Å²) in [4.78, 5) is 21.1. The number of hydrogen-bond donors (Lipinski definition) is 1. The van der Waals surface area contributed by atoms with Crippen molar-refractivity contribution < 1.29 is 13.5 Å². The summed E-state index contributed by atoms with van der Waals surface area (Å²) in [5.74, 6) is -0.752. The Kier molecular flexibility index (Phi) is 4.89. The lowest BCUT2D eigenvalue weighted by Crippen LogP contribution is -2.56. The van der Waals surface area contributed by atoms with Gasteiger partial charge in [-0.1, -0.05) is 12.6 Å². The van der Waals surface area contributed by atoms with Crippen LogP contribution in [-0.4, -0.2) is 57.8 Å². The van der Waals surface area contributed by atoms with Crippen molar-refractivity contribution in [2.24, 2.45) is 0 Å². The van der Waals surface area contributed by atoms with Gasteiger partial charge in [-0.25, -0.2) is 18.6 Å². The van der Waals surface area contributed by atoms with Crippen molar-refractivity contribution in [1.29, 1.82) is 0 Å². The highest BCUT2D eigenvalue weighted by Gasteiger charge is 2.47. The molecule has 1 aliphatic carbocycles. The first-order valence-corrected chi connectivity index (χ1v) is 11.5. The highest BCUT2D eigenvalue weighted by molar-refractivity contribution is 5.88. The molecule has 180 valence electrons. The molecule has 2 aromatic heterocycles. The van der Waals surface area contributed by atoms with Crippen LogP contribution in [0.1, 0.15) is 25.7 Å². The summed E-state index contributed by atoms with van der Waals surface area (Å²) in [5.41, 5.74) is 2.43. The zero-order chi connectivity index (χ0) is 24.3. The first-order chi connectivity index (χ1) is 16.9. The number of fused-ring (bicyclic) bond motifs is 2. The number of hydrogen-bond acceptors (Lipinski definition) is 7. The Balaban J connectivity index is 1.47. The summed E-state index contributed by atoms with van der Waals surface area (Å²) in [6, 6.07) is 5.36. The zero-order valence-electron chi connectivity index (χ0n) is 19.2. The van der Waals surface area contributed by atoms with Gasteiger partial charge in [0, 0.05) is 13.2 Å². The molecule has 6 rings (SSSR count). The number of benzene rings is 1. The molecule has 4 heterocycles. The van der Waals surface area contributed by atoms with Crippen LogP contribution in [0.5, 0.6) is 0 Å². The van der Waals surface area contributed by atoms with Gasteiger partial charge in [-0.2, -0.15) is 9.97 Å². The molecule has 2 aliphatic heterocycles. The van der Waals surface area contributed by atoms with Crippen LogP contribution in [-0.2, 0) is 4.74 Å². The average molecular weight is 479 g/mol. The zero-order valence-corrected chi connectivity index (χ0v) is 19.2. The number of halogens is 2. The first kappa shape index (κ1) is 21.7. The van der Waals surface area contributed by atoms with E-state index < -0.39 is 19.0 Å². The number of alkyl halides is 2. The number of rotatable bonds is 4. The molecular weight excluding hydrogens is 454 g/mol. The van der Waals surface area contributed by atoms with Crippen LogP contribution < -0.4 is 15.1 Å². The molecule has 1 saturated heterocycles. The lowest BCUT2D eigenvalue weighted by atomic mass is 9.92. The van der Waals surface area contributed by atoms with Crippen LogP contribution in [0.15, 0.2) is 36.9 Å². The van der Waals surface area contributed by atoms with Crippen LogP contribution in [0.25, 0.3) is 21.8 Å². The number of nitrogens with one attached hydrogen (secondary N) is 1. The molecule has 0 spiro atoms. The molecule has 0 unspecified atom stereocenters. The van der Waals surface area contributed by atoms with Gasteiger partial charge >= 0.3 is 0 Å². The fraction of sp³-hybridized carbons (Fsp3) is 0.417. The molecule has 3 aromatic rings. The number of imidazole rings is 1. The van der Waals surface area contributed by atoms with Crippen LogP contribution in [0.2, 0.25) is 0 Å². The Labute approximate surface area is 200 Å². The number of aromatic nitrogens is 4. The minimum atomic E-state index is -2.75. The fourth-order valence-electron chi connectivity index (χ4n) is 5.20. The summed E-state index contributed by atoms with van der Waals surface area (Å²) >= 11 is 0. The van der Waals surface area contributed by atoms with E-state index in [9.17, 15) is 8.78 Å². The monoisotopic (exact) mass is 478 g/mol. The van der Waals surface area contributed by atoms with Crippen molar-refractivity contribution in [2.45, 2.75) is 43.8 Å². The Morgan fingerprint density at radius 1 is 1.17 bits per heavy atom. The van der Waals surface area contributed by atoms with Gasteiger partial charge in [-0.3, -0.25) is 4.57 Å². The van der Waals surface area contributed by atoms with Gasteiger partial charge in [0.25, 0.3) is 5.92 Å². The molecule has 0 amide bonds. The highest BCUT2D eigenvalue weighted by Crippen LogP contribution is 2.46. The maximum Gasteiger partial charge on any atom is 0.282 e. The van der Waals surface area contributed by atoms with E-state index in [2.05, 4.69) is 26.6 Å². The van der Waals surface area contributed by atoms with Crippen LogP contribution in [0, 0.1) is 6.57 Å². The Hall–Kier alpha value is -3.78. The van der Waals surface area contributed by atoms with Crippen LogP contribution in [0.4, 0.5) is 31.8 Å². The van der Waals surface area contributed by atoms with E-state index in [-0.39, 0.29) is 12.1 Å². The topological polar surface area (TPSA) is 75.7 Å². The normalized spacial score (nSPS) is 23.1. The molecule has 1 saturated carbocycles. The highest BCUT2D eigenvalue weighted by atomic mass is 19.3. The summed E-state index contributed by atoms with van der Waals surface area (Å²) in [7, 11) is 1.74. The molecule has 9 nitrogen and oxygen atoms in total. The summed E-state index contributed by atoms with van der Waals surface area (Å²) in [6.07, 6.45) is 5.49. The Bertz CT molecular complexity index is 1360. The van der Waals surface area contributed by atoms with Gasteiger partial charge in [-0.05, 0) is 37.8 Å². The van der Waals surface area contributed by atoms with Crippen molar-refractivity contribution in [3.63, 3.8) is 0 Å². The summed E-state index contributed by atoms with van der Waals surface area (Å²) in [6.45, 7) is 10.7. The molecular formula is C24H24F2N8O. The third kappa shape index (κ3) is 3.56. The summed E-state index contributed by atoms with van der Waals surface area (Å²) in [5, 5.41) is 3.27. The average Bonchev–Trinajstić information content (AvgIpc) is 3.41. The van der Waals surface area contributed by atoms with E-state index >= 15 is 0 Å². The fourth-order valence-corrected chi connectivity index (χ4v) is 5.20. The molecule has 0 radical (unpaired) electrons. The van der Waals surface area contributed by atoms with Gasteiger partial charge < -0.3 is 19.9 Å². The second-order valence-electron chi connectivity index (χ2n) is 9.27. The maximum absolute atomic E-state index is 13.8. The second kappa shape index (κ2) is 7.88. The number of methoxy groups -OCH3 is 1. The minimum Gasteiger partial charge on any atom is -0.381 e. The molecule has 35 heavy (non-hydrogen) atoms. The van der Waals surface area contributed by atoms with Crippen molar-refractivity contribution in [3.05, 3.63) is 48.3 Å². The predicted molar refractivity (Wildman–Crippen MR) is 128 cm³/mol. The van der Waals surface area contributed by atoms with Crippen LogP contribution in [0.3, 0.4) is 0 Å². The van der Waals surface area contributed by atoms with Gasteiger partial charge in [0.05, 0.1) is 36.8 Å². The third-order valence-corrected chi connectivity index (χ3v) is 7.01. The second-order valence-corrected chi connectivity index (χ2v) is 9.27. The van der Waals surface area contributed by atoms with Crippen molar-refractivity contribution in [1.82, 2.24) is 19.5 Å². The molecule has 1 aromatic carbocycles. The molecule has 0 bridgehead atoms. The lowest BCUT2D eigenvalue weighted by molar-refractivity contribution is -0.0266. The Morgan fingerprint density at radius 2 is 1.91 bits per heavy atom. The van der Waals surface area contributed by atoms with E-state index in [1.54, 1.807) is 41.1 Å². The smallest absolute Gasteiger partial charge is 0.282 e. The number of anilines is 3. The third-order valence-electron chi connectivity index (χ3n) is 7.01. The quantitative estimate of drug-likeness (QED) is 0.554. The number of nitrogens with zero attached hydrogens (tertiary/aromatic N) is 7. The van der Waals surface area contributed by atoms with E-state index in [1.807, 2.05) is 0 Å². The van der Waals surface area contributed by atoms with Gasteiger partial charge in [0.1, 0.15) is 17.8 Å². The van der Waals surface area contributed by atoms with E-state index in [0.29, 0.717) is 45.8 Å². The predicted octanol–water partition coefficient (Wildman–Crippen LogP) is 4.48. The molecule has 2 fully saturated rings. The van der Waals surface area contributed by atoms with Gasteiger partial charge in [0.15, 0.2) is 17.3 Å². The van der Waals surface area contributed by atoms with Crippen molar-refractivity contribution >= 4 is 34.0 Å². The van der Waals surface area contributed by atoms with Crippen molar-refractivity contribution in [2.75, 3.05) is 35.3 Å². The SMILES string of the molecule is [C-]#[N+]c1ccc2ncn(-c3nc(N4CC(F)(F)C4)c4c(n3)N([C@H]3CC[C@H](OC)CC3)C(=C)N4)c2c1.